The number of nitrogens with one attached hydrogen (secondary N) is 1. The molecule has 0 saturated carbocycles. The number of imidazole rings is 1. The molecule has 3 rings (SSSR count). The average Bonchev–Trinajstić information content (AvgIpc) is 3.09. The van der Waals surface area contributed by atoms with Gasteiger partial charge in [0, 0.05) is 35.6 Å². The van der Waals surface area contributed by atoms with Crippen LogP contribution in [0.1, 0.15) is 0 Å². The smallest absolute Gasteiger partial charge is 0.150 e. The Morgan fingerprint density at radius 2 is 2.20 bits per heavy atom. The van der Waals surface area contributed by atoms with Crippen molar-refractivity contribution < 1.29 is 0 Å². The van der Waals surface area contributed by atoms with E-state index in [1.54, 1.807) is 11.3 Å². The van der Waals surface area contributed by atoms with Crippen molar-refractivity contribution in [3.05, 3.63) is 58.6 Å². The van der Waals surface area contributed by atoms with Gasteiger partial charge in [-0.25, -0.2) is 4.98 Å². The molecule has 1 aromatic carbocycles. The molecular formula is C15H14BrN3S. The quantitative estimate of drug-likeness (QED) is 0.736. The van der Waals surface area contributed by atoms with Crippen LogP contribution in [-0.2, 0) is 6.54 Å². The second kappa shape index (κ2) is 6.24. The molecule has 0 aliphatic rings. The lowest BCUT2D eigenvalue weighted by atomic mass is 10.3. The van der Waals surface area contributed by atoms with Crippen molar-refractivity contribution in [1.82, 2.24) is 9.55 Å². The number of thiophene rings is 1. The number of anilines is 1. The van der Waals surface area contributed by atoms with Gasteiger partial charge in [-0.15, -0.1) is 11.3 Å². The third kappa shape index (κ3) is 3.11. The number of benzene rings is 1. The van der Waals surface area contributed by atoms with Gasteiger partial charge in [-0.3, -0.25) is 0 Å². The molecule has 1 N–H and O–H groups in total. The van der Waals surface area contributed by atoms with Crippen LogP contribution in [0.4, 0.5) is 5.69 Å². The minimum atomic E-state index is 0.866. The molecule has 0 saturated heterocycles. The van der Waals surface area contributed by atoms with Gasteiger partial charge in [0.1, 0.15) is 5.82 Å². The molecule has 0 aliphatic carbocycles. The highest BCUT2D eigenvalue weighted by molar-refractivity contribution is 9.10. The second-order valence-electron chi connectivity index (χ2n) is 4.36. The summed E-state index contributed by atoms with van der Waals surface area (Å²) in [4.78, 5) is 5.64. The Morgan fingerprint density at radius 3 is 3.00 bits per heavy atom. The molecule has 3 aromatic rings. The minimum absolute atomic E-state index is 0.866. The molecule has 0 spiro atoms. The van der Waals surface area contributed by atoms with Crippen LogP contribution in [0.15, 0.2) is 58.6 Å². The highest BCUT2D eigenvalue weighted by Gasteiger charge is 2.06. The molecule has 0 amide bonds. The molecule has 0 atom stereocenters. The third-order valence-corrected chi connectivity index (χ3v) is 4.32. The van der Waals surface area contributed by atoms with E-state index in [0.29, 0.717) is 0 Å². The van der Waals surface area contributed by atoms with E-state index in [0.717, 1.165) is 29.1 Å². The SMILES string of the molecule is Brc1cccc(NCCn2ccnc2-c2cccs2)c1. The van der Waals surface area contributed by atoms with Crippen LogP contribution in [0.25, 0.3) is 10.7 Å². The summed E-state index contributed by atoms with van der Waals surface area (Å²) < 4.78 is 3.26. The molecule has 102 valence electrons. The minimum Gasteiger partial charge on any atom is -0.383 e. The highest BCUT2D eigenvalue weighted by atomic mass is 79.9. The fraction of sp³-hybridized carbons (Fsp3) is 0.133. The first-order valence-electron chi connectivity index (χ1n) is 6.37. The van der Waals surface area contributed by atoms with Gasteiger partial charge in [-0.05, 0) is 29.6 Å². The largest absolute Gasteiger partial charge is 0.383 e. The molecule has 0 bridgehead atoms. The normalized spacial score (nSPS) is 10.7. The molecule has 0 radical (unpaired) electrons. The van der Waals surface area contributed by atoms with Crippen LogP contribution in [0.2, 0.25) is 0 Å². The number of halogens is 1. The average molecular weight is 348 g/mol. The molecule has 0 aliphatic heterocycles. The van der Waals surface area contributed by atoms with Gasteiger partial charge < -0.3 is 9.88 Å². The van der Waals surface area contributed by atoms with E-state index >= 15 is 0 Å². The second-order valence-corrected chi connectivity index (χ2v) is 6.22. The van der Waals surface area contributed by atoms with E-state index in [2.05, 4.69) is 60.4 Å². The predicted molar refractivity (Wildman–Crippen MR) is 88.2 cm³/mol. The number of hydrogen-bond acceptors (Lipinski definition) is 3. The Balaban J connectivity index is 1.64. The zero-order chi connectivity index (χ0) is 13.8. The molecular weight excluding hydrogens is 334 g/mol. The molecule has 5 heteroatoms. The fourth-order valence-corrected chi connectivity index (χ4v) is 3.18. The lowest BCUT2D eigenvalue weighted by Crippen LogP contribution is -2.10. The van der Waals surface area contributed by atoms with Crippen LogP contribution in [0.5, 0.6) is 0 Å². The van der Waals surface area contributed by atoms with Crippen LogP contribution < -0.4 is 5.32 Å². The van der Waals surface area contributed by atoms with Crippen LogP contribution in [0, 0.1) is 0 Å². The number of rotatable bonds is 5. The maximum atomic E-state index is 4.44. The standard InChI is InChI=1S/C15H14BrN3S/c16-12-3-1-4-13(11-12)17-6-8-19-9-7-18-15(19)14-5-2-10-20-14/h1-5,7,9-11,17H,6,8H2. The van der Waals surface area contributed by atoms with E-state index < -0.39 is 0 Å². The first kappa shape index (κ1) is 13.4. The van der Waals surface area contributed by atoms with Crippen LogP contribution in [-0.4, -0.2) is 16.1 Å². The summed E-state index contributed by atoms with van der Waals surface area (Å²) in [7, 11) is 0. The summed E-state index contributed by atoms with van der Waals surface area (Å²) in [6, 6.07) is 12.4. The monoisotopic (exact) mass is 347 g/mol. The number of hydrogen-bond donors (Lipinski definition) is 1. The van der Waals surface area contributed by atoms with Crippen molar-refractivity contribution in [2.75, 3.05) is 11.9 Å². The van der Waals surface area contributed by atoms with Crippen LogP contribution in [0.3, 0.4) is 0 Å². The maximum Gasteiger partial charge on any atom is 0.150 e. The summed E-state index contributed by atoms with van der Waals surface area (Å²) in [5, 5.41) is 5.50. The van der Waals surface area contributed by atoms with Crippen LogP contribution >= 0.6 is 27.3 Å². The summed E-state index contributed by atoms with van der Waals surface area (Å²) in [5.41, 5.74) is 1.12. The van der Waals surface area contributed by atoms with Crippen molar-refractivity contribution in [2.24, 2.45) is 0 Å². The molecule has 0 unspecified atom stereocenters. The van der Waals surface area contributed by atoms with Gasteiger partial charge in [0.05, 0.1) is 4.88 Å². The Bertz CT molecular complexity index is 676. The van der Waals surface area contributed by atoms with Crippen molar-refractivity contribution in [1.29, 1.82) is 0 Å². The van der Waals surface area contributed by atoms with E-state index in [9.17, 15) is 0 Å². The number of nitrogens with zero attached hydrogens (tertiary/aromatic N) is 2. The zero-order valence-corrected chi connectivity index (χ0v) is 13.2. The van der Waals surface area contributed by atoms with E-state index in [-0.39, 0.29) is 0 Å². The topological polar surface area (TPSA) is 29.9 Å². The highest BCUT2D eigenvalue weighted by Crippen LogP contribution is 2.22. The summed E-state index contributed by atoms with van der Waals surface area (Å²) in [6.07, 6.45) is 3.88. The fourth-order valence-electron chi connectivity index (χ4n) is 2.04. The lowest BCUT2D eigenvalue weighted by molar-refractivity contribution is 0.736. The third-order valence-electron chi connectivity index (χ3n) is 2.96. The van der Waals surface area contributed by atoms with Crippen molar-refractivity contribution in [2.45, 2.75) is 6.54 Å². The van der Waals surface area contributed by atoms with Gasteiger partial charge in [0.25, 0.3) is 0 Å². The summed E-state index contributed by atoms with van der Waals surface area (Å²) >= 11 is 5.19. The Morgan fingerprint density at radius 1 is 1.25 bits per heavy atom. The Labute approximate surface area is 130 Å². The molecule has 2 heterocycles. The molecule has 0 fully saturated rings. The molecule has 2 aromatic heterocycles. The van der Waals surface area contributed by atoms with E-state index in [1.807, 2.05) is 24.5 Å². The summed E-state index contributed by atoms with van der Waals surface area (Å²) in [5.74, 6) is 1.04. The van der Waals surface area contributed by atoms with Gasteiger partial charge >= 0.3 is 0 Å². The van der Waals surface area contributed by atoms with Gasteiger partial charge in [-0.2, -0.15) is 0 Å². The Kier molecular flexibility index (Phi) is 4.18. The first-order chi connectivity index (χ1) is 9.83. The maximum absolute atomic E-state index is 4.44. The molecule has 20 heavy (non-hydrogen) atoms. The molecule has 3 nitrogen and oxygen atoms in total. The number of aromatic nitrogens is 2. The zero-order valence-electron chi connectivity index (χ0n) is 10.8. The van der Waals surface area contributed by atoms with Gasteiger partial charge in [0.15, 0.2) is 0 Å². The van der Waals surface area contributed by atoms with Gasteiger partial charge in [0.2, 0.25) is 0 Å². The van der Waals surface area contributed by atoms with Gasteiger partial charge in [-0.1, -0.05) is 28.1 Å². The summed E-state index contributed by atoms with van der Waals surface area (Å²) in [6.45, 7) is 1.75. The van der Waals surface area contributed by atoms with Crippen molar-refractivity contribution >= 4 is 33.0 Å². The van der Waals surface area contributed by atoms with Crippen molar-refractivity contribution in [3.63, 3.8) is 0 Å². The predicted octanol–water partition coefficient (Wildman–Crippen LogP) is 4.49. The Hall–Kier alpha value is -1.59. The van der Waals surface area contributed by atoms with Crippen molar-refractivity contribution in [3.8, 4) is 10.7 Å². The lowest BCUT2D eigenvalue weighted by Gasteiger charge is -2.09. The van der Waals surface area contributed by atoms with E-state index in [1.165, 1.54) is 4.88 Å². The first-order valence-corrected chi connectivity index (χ1v) is 8.04. The van der Waals surface area contributed by atoms with E-state index in [4.69, 9.17) is 0 Å².